The van der Waals surface area contributed by atoms with E-state index in [-0.39, 0.29) is 24.9 Å². The highest BCUT2D eigenvalue weighted by molar-refractivity contribution is 5.17. The Labute approximate surface area is 109 Å². The minimum absolute atomic E-state index is 0.0319. The Morgan fingerprint density at radius 2 is 1.89 bits per heavy atom. The van der Waals surface area contributed by atoms with Crippen molar-refractivity contribution in [2.24, 2.45) is 11.7 Å². The van der Waals surface area contributed by atoms with E-state index in [2.05, 4.69) is 4.74 Å². The highest BCUT2D eigenvalue weighted by Gasteiger charge is 2.27. The second kappa shape index (κ2) is 7.45. The molecular weight excluding hydrogens is 262 g/mol. The van der Waals surface area contributed by atoms with Crippen LogP contribution in [0.4, 0.5) is 17.6 Å². The van der Waals surface area contributed by atoms with Gasteiger partial charge < -0.3 is 10.5 Å². The van der Waals surface area contributed by atoms with Gasteiger partial charge in [-0.05, 0) is 36.9 Å². The van der Waals surface area contributed by atoms with E-state index in [0.717, 1.165) is 0 Å². The molecule has 0 aliphatic rings. The highest BCUT2D eigenvalue weighted by atomic mass is 19.4. The Morgan fingerprint density at radius 3 is 2.47 bits per heavy atom. The predicted octanol–water partition coefficient (Wildman–Crippen LogP) is 2.91. The minimum Gasteiger partial charge on any atom is -0.372 e. The quantitative estimate of drug-likeness (QED) is 0.615. The maximum atomic E-state index is 13.4. The summed E-state index contributed by atoms with van der Waals surface area (Å²) < 4.78 is 53.5. The molecule has 0 bridgehead atoms. The second-order valence-corrected chi connectivity index (χ2v) is 4.35. The summed E-state index contributed by atoms with van der Waals surface area (Å²) in [4.78, 5) is 0. The third kappa shape index (κ3) is 6.54. The molecule has 0 heterocycles. The Balaban J connectivity index is 2.36. The zero-order valence-corrected chi connectivity index (χ0v) is 10.4. The first-order chi connectivity index (χ1) is 8.92. The molecule has 0 spiro atoms. The fourth-order valence-corrected chi connectivity index (χ4v) is 1.72. The van der Waals surface area contributed by atoms with Gasteiger partial charge in [0.2, 0.25) is 0 Å². The van der Waals surface area contributed by atoms with Gasteiger partial charge in [-0.3, -0.25) is 0 Å². The predicted molar refractivity (Wildman–Crippen MR) is 64.1 cm³/mol. The molecule has 108 valence electrons. The molecule has 1 aromatic carbocycles. The monoisotopic (exact) mass is 279 g/mol. The molecular formula is C13H17F4NO. The molecule has 2 N–H and O–H groups in total. The molecule has 0 saturated heterocycles. The standard InChI is InChI=1S/C13H17F4NO/c14-12-4-2-1-3-11(12)7-10(8-18)5-6-19-9-13(15,16)17/h1-4,10H,5-9,18H2. The fraction of sp³-hybridized carbons (Fsp3) is 0.538. The van der Waals surface area contributed by atoms with Crippen molar-refractivity contribution in [2.45, 2.75) is 19.0 Å². The zero-order valence-electron chi connectivity index (χ0n) is 10.4. The number of rotatable bonds is 7. The van der Waals surface area contributed by atoms with E-state index in [1.54, 1.807) is 18.2 Å². The molecule has 0 aromatic heterocycles. The lowest BCUT2D eigenvalue weighted by atomic mass is 9.96. The first-order valence-electron chi connectivity index (χ1n) is 6.00. The van der Waals surface area contributed by atoms with Crippen LogP contribution in [0.2, 0.25) is 0 Å². The van der Waals surface area contributed by atoms with E-state index in [1.807, 2.05) is 0 Å². The van der Waals surface area contributed by atoms with Crippen molar-refractivity contribution < 1.29 is 22.3 Å². The van der Waals surface area contributed by atoms with Gasteiger partial charge in [0.15, 0.2) is 0 Å². The average Bonchev–Trinajstić information content (AvgIpc) is 2.34. The lowest BCUT2D eigenvalue weighted by molar-refractivity contribution is -0.174. The van der Waals surface area contributed by atoms with Crippen molar-refractivity contribution in [2.75, 3.05) is 19.8 Å². The molecule has 2 nitrogen and oxygen atoms in total. The van der Waals surface area contributed by atoms with Gasteiger partial charge in [0.1, 0.15) is 12.4 Å². The molecule has 1 rings (SSSR count). The third-order valence-corrected chi connectivity index (χ3v) is 2.74. The second-order valence-electron chi connectivity index (χ2n) is 4.35. The Hall–Kier alpha value is -1.14. The zero-order chi connectivity index (χ0) is 14.3. The average molecular weight is 279 g/mol. The van der Waals surface area contributed by atoms with Gasteiger partial charge in [-0.2, -0.15) is 13.2 Å². The molecule has 0 amide bonds. The Kier molecular flexibility index (Phi) is 6.24. The minimum atomic E-state index is -4.32. The molecule has 6 heteroatoms. The van der Waals surface area contributed by atoms with E-state index >= 15 is 0 Å². The largest absolute Gasteiger partial charge is 0.411 e. The topological polar surface area (TPSA) is 35.2 Å². The lowest BCUT2D eigenvalue weighted by Gasteiger charge is -2.15. The molecule has 19 heavy (non-hydrogen) atoms. The lowest BCUT2D eigenvalue weighted by Crippen LogP contribution is -2.22. The van der Waals surface area contributed by atoms with Gasteiger partial charge in [0.05, 0.1) is 0 Å². The maximum Gasteiger partial charge on any atom is 0.411 e. The summed E-state index contributed by atoms with van der Waals surface area (Å²) in [6.45, 7) is -1.01. The van der Waals surface area contributed by atoms with E-state index in [4.69, 9.17) is 5.73 Å². The summed E-state index contributed by atoms with van der Waals surface area (Å²) in [6.07, 6.45) is -3.54. The first kappa shape index (κ1) is 15.9. The molecule has 1 aromatic rings. The molecule has 0 fully saturated rings. The molecule has 0 radical (unpaired) electrons. The van der Waals surface area contributed by atoms with Crippen molar-refractivity contribution >= 4 is 0 Å². The van der Waals surface area contributed by atoms with Crippen molar-refractivity contribution in [1.29, 1.82) is 0 Å². The van der Waals surface area contributed by atoms with E-state index in [1.165, 1.54) is 6.07 Å². The van der Waals surface area contributed by atoms with Gasteiger partial charge in [0.25, 0.3) is 0 Å². The molecule has 0 saturated carbocycles. The van der Waals surface area contributed by atoms with Gasteiger partial charge >= 0.3 is 6.18 Å². The van der Waals surface area contributed by atoms with Crippen LogP contribution in [0.15, 0.2) is 24.3 Å². The van der Waals surface area contributed by atoms with Crippen LogP contribution in [0.3, 0.4) is 0 Å². The smallest absolute Gasteiger partial charge is 0.372 e. The van der Waals surface area contributed by atoms with Gasteiger partial charge in [-0.25, -0.2) is 4.39 Å². The normalized spacial score (nSPS) is 13.5. The third-order valence-electron chi connectivity index (χ3n) is 2.74. The van der Waals surface area contributed by atoms with Crippen molar-refractivity contribution in [3.63, 3.8) is 0 Å². The highest BCUT2D eigenvalue weighted by Crippen LogP contribution is 2.17. The van der Waals surface area contributed by atoms with Crippen LogP contribution in [0, 0.1) is 11.7 Å². The first-order valence-corrected chi connectivity index (χ1v) is 6.00. The number of hydrogen-bond acceptors (Lipinski definition) is 2. The summed E-state index contributed by atoms with van der Waals surface area (Å²) in [7, 11) is 0. The number of ether oxygens (including phenoxy) is 1. The summed E-state index contributed by atoms with van der Waals surface area (Å²) >= 11 is 0. The number of hydrogen-bond donors (Lipinski definition) is 1. The number of alkyl halides is 3. The molecule has 0 aliphatic heterocycles. The molecule has 1 atom stereocenters. The van der Waals surface area contributed by atoms with Crippen LogP contribution in [0.25, 0.3) is 0 Å². The van der Waals surface area contributed by atoms with E-state index in [9.17, 15) is 17.6 Å². The summed E-state index contributed by atoms with van der Waals surface area (Å²) in [6, 6.07) is 6.30. The van der Waals surface area contributed by atoms with Crippen LogP contribution in [0.5, 0.6) is 0 Å². The van der Waals surface area contributed by atoms with E-state index in [0.29, 0.717) is 18.4 Å². The summed E-state index contributed by atoms with van der Waals surface area (Å²) in [5, 5.41) is 0. The van der Waals surface area contributed by atoms with Gasteiger partial charge in [-0.1, -0.05) is 18.2 Å². The van der Waals surface area contributed by atoms with Crippen molar-refractivity contribution in [3.05, 3.63) is 35.6 Å². The Morgan fingerprint density at radius 1 is 1.21 bits per heavy atom. The van der Waals surface area contributed by atoms with Gasteiger partial charge in [0, 0.05) is 6.61 Å². The number of benzene rings is 1. The van der Waals surface area contributed by atoms with Crippen molar-refractivity contribution in [1.82, 2.24) is 0 Å². The van der Waals surface area contributed by atoms with Crippen molar-refractivity contribution in [3.8, 4) is 0 Å². The van der Waals surface area contributed by atoms with Crippen LogP contribution >= 0.6 is 0 Å². The van der Waals surface area contributed by atoms with Crippen LogP contribution in [0.1, 0.15) is 12.0 Å². The maximum absolute atomic E-state index is 13.4. The van der Waals surface area contributed by atoms with Gasteiger partial charge in [-0.15, -0.1) is 0 Å². The summed E-state index contributed by atoms with van der Waals surface area (Å²) in [5.41, 5.74) is 6.06. The number of nitrogens with two attached hydrogens (primary N) is 1. The fourth-order valence-electron chi connectivity index (χ4n) is 1.72. The SMILES string of the molecule is NCC(CCOCC(F)(F)F)Cc1ccccc1F. The summed E-state index contributed by atoms with van der Waals surface area (Å²) in [5.74, 6) is -0.415. The van der Waals surface area contributed by atoms with Crippen LogP contribution in [-0.2, 0) is 11.2 Å². The molecule has 0 aliphatic carbocycles. The Bertz CT molecular complexity index is 381. The van der Waals surface area contributed by atoms with Crippen LogP contribution in [-0.4, -0.2) is 25.9 Å². The van der Waals surface area contributed by atoms with E-state index < -0.39 is 12.8 Å². The van der Waals surface area contributed by atoms with Crippen LogP contribution < -0.4 is 5.73 Å². The molecule has 1 unspecified atom stereocenters. The number of halogens is 4.